The lowest BCUT2D eigenvalue weighted by molar-refractivity contribution is 0.0518. The molecule has 11 heteroatoms. The van der Waals surface area contributed by atoms with Crippen LogP contribution in [0.3, 0.4) is 0 Å². The molecule has 0 spiro atoms. The predicted molar refractivity (Wildman–Crippen MR) is 168 cm³/mol. The minimum Gasteiger partial charge on any atom is -0.495 e. The van der Waals surface area contributed by atoms with Gasteiger partial charge in [-0.3, -0.25) is 18.9 Å². The van der Waals surface area contributed by atoms with Crippen molar-refractivity contribution in [2.75, 3.05) is 58.7 Å². The summed E-state index contributed by atoms with van der Waals surface area (Å²) in [5, 5.41) is 4.23. The number of amides is 1. The van der Waals surface area contributed by atoms with Crippen molar-refractivity contribution >= 4 is 45.1 Å². The number of carbonyl (C=O) groups excluding carboxylic acids is 1. The number of aromatic nitrogens is 4. The van der Waals surface area contributed by atoms with Gasteiger partial charge in [0.15, 0.2) is 5.65 Å². The fourth-order valence-electron chi connectivity index (χ4n) is 6.50. The number of piperidine rings is 1. The number of aryl methyl sites for hydroxylation is 1. The van der Waals surface area contributed by atoms with Crippen molar-refractivity contribution in [3.05, 3.63) is 70.6 Å². The molecular weight excluding hydrogens is 544 g/mol. The molecule has 1 amide bonds. The van der Waals surface area contributed by atoms with Crippen molar-refractivity contribution in [2.45, 2.75) is 18.9 Å². The van der Waals surface area contributed by atoms with Crippen LogP contribution in [0.2, 0.25) is 0 Å². The second-order valence-electron chi connectivity index (χ2n) is 11.6. The Balaban J connectivity index is 1.12. The van der Waals surface area contributed by atoms with E-state index in [9.17, 15) is 9.59 Å². The SMILES string of the molecule is COc1cc(C(=O)N2CCC(N3CCN(C)CC3)CC2)ccc1Nc1ncc2c(n1)n1c(cc3ccccc31)c(=O)n2C. The number of rotatable bonds is 5. The van der Waals surface area contributed by atoms with Crippen molar-refractivity contribution in [3.8, 4) is 5.75 Å². The van der Waals surface area contributed by atoms with Crippen LogP contribution in [-0.2, 0) is 7.05 Å². The first-order valence-corrected chi connectivity index (χ1v) is 14.8. The molecule has 2 aliphatic rings. The molecule has 2 saturated heterocycles. The highest BCUT2D eigenvalue weighted by Gasteiger charge is 2.29. The molecule has 1 N–H and O–H groups in total. The summed E-state index contributed by atoms with van der Waals surface area (Å²) in [6.07, 6.45) is 3.65. The zero-order valence-electron chi connectivity index (χ0n) is 24.8. The molecule has 2 fully saturated rings. The van der Waals surface area contributed by atoms with Crippen molar-refractivity contribution in [1.82, 2.24) is 33.6 Å². The Morgan fingerprint density at radius 3 is 2.47 bits per heavy atom. The molecular formula is C32H36N8O3. The van der Waals surface area contributed by atoms with E-state index in [0.717, 1.165) is 63.0 Å². The summed E-state index contributed by atoms with van der Waals surface area (Å²) in [6, 6.07) is 15.7. The summed E-state index contributed by atoms with van der Waals surface area (Å²) in [6.45, 7) is 5.94. The highest BCUT2D eigenvalue weighted by molar-refractivity contribution is 5.96. The highest BCUT2D eigenvalue weighted by atomic mass is 16.5. The summed E-state index contributed by atoms with van der Waals surface area (Å²) < 4.78 is 9.14. The lowest BCUT2D eigenvalue weighted by atomic mass is 10.0. The van der Waals surface area contributed by atoms with E-state index in [2.05, 4.69) is 27.1 Å². The smallest absolute Gasteiger partial charge is 0.275 e. The quantitative estimate of drug-likeness (QED) is 0.338. The number of likely N-dealkylation sites (tertiary alicyclic amines) is 1. The molecule has 7 rings (SSSR count). The van der Waals surface area contributed by atoms with E-state index in [0.29, 0.717) is 45.7 Å². The Kier molecular flexibility index (Phi) is 6.98. The first-order chi connectivity index (χ1) is 20.9. The fourth-order valence-corrected chi connectivity index (χ4v) is 6.50. The molecule has 0 saturated carbocycles. The molecule has 222 valence electrons. The van der Waals surface area contributed by atoms with Gasteiger partial charge in [-0.25, -0.2) is 4.98 Å². The third-order valence-corrected chi connectivity index (χ3v) is 9.06. The summed E-state index contributed by atoms with van der Waals surface area (Å²) in [5.41, 5.74) is 3.81. The molecule has 0 bridgehead atoms. The van der Waals surface area contributed by atoms with Crippen molar-refractivity contribution in [1.29, 1.82) is 0 Å². The number of piperazine rings is 1. The van der Waals surface area contributed by atoms with Gasteiger partial charge in [0.2, 0.25) is 5.95 Å². The molecule has 43 heavy (non-hydrogen) atoms. The van der Waals surface area contributed by atoms with E-state index >= 15 is 0 Å². The minimum absolute atomic E-state index is 0.0198. The summed E-state index contributed by atoms with van der Waals surface area (Å²) >= 11 is 0. The molecule has 2 aliphatic heterocycles. The van der Waals surface area contributed by atoms with Crippen molar-refractivity contribution in [3.63, 3.8) is 0 Å². The van der Waals surface area contributed by atoms with Gasteiger partial charge in [-0.2, -0.15) is 4.98 Å². The standard InChI is InChI=1S/C32H36N8O3/c1-36-14-16-38(17-15-36)23-10-12-39(13-11-23)30(41)22-8-9-24(28(19-22)43-3)34-32-33-20-27-29(35-32)40-25-7-5-4-6-21(25)18-26(40)31(42)37(27)2/h4-9,18-20,23H,10-17H2,1-3H3,(H,33,34,35). The van der Waals surface area contributed by atoms with Crippen LogP contribution in [0.15, 0.2) is 59.5 Å². The van der Waals surface area contributed by atoms with E-state index in [-0.39, 0.29) is 11.5 Å². The lowest BCUT2D eigenvalue weighted by Crippen LogP contribution is -2.52. The normalized spacial score (nSPS) is 17.2. The third-order valence-electron chi connectivity index (χ3n) is 9.06. The number of hydrogen-bond acceptors (Lipinski definition) is 8. The monoisotopic (exact) mass is 580 g/mol. The van der Waals surface area contributed by atoms with E-state index in [1.807, 2.05) is 51.8 Å². The van der Waals surface area contributed by atoms with Gasteiger partial charge in [-0.15, -0.1) is 0 Å². The molecule has 11 nitrogen and oxygen atoms in total. The number of methoxy groups -OCH3 is 1. The number of ether oxygens (including phenoxy) is 1. The summed E-state index contributed by atoms with van der Waals surface area (Å²) in [4.78, 5) is 42.8. The maximum atomic E-state index is 13.4. The van der Waals surface area contributed by atoms with Crippen LogP contribution in [0.1, 0.15) is 23.2 Å². The largest absolute Gasteiger partial charge is 0.495 e. The molecule has 3 aromatic heterocycles. The molecule has 0 radical (unpaired) electrons. The number of likely N-dealkylation sites (N-methyl/N-ethyl adjacent to an activating group) is 1. The zero-order valence-corrected chi connectivity index (χ0v) is 24.8. The van der Waals surface area contributed by atoms with Crippen LogP contribution in [0.4, 0.5) is 11.6 Å². The Hall–Kier alpha value is -4.48. The lowest BCUT2D eigenvalue weighted by Gasteiger charge is -2.42. The molecule has 5 heterocycles. The van der Waals surface area contributed by atoms with Gasteiger partial charge < -0.3 is 24.4 Å². The Morgan fingerprint density at radius 2 is 1.70 bits per heavy atom. The van der Waals surface area contributed by atoms with Gasteiger partial charge in [0.25, 0.3) is 11.5 Å². The van der Waals surface area contributed by atoms with Gasteiger partial charge in [0, 0.05) is 63.3 Å². The summed E-state index contributed by atoms with van der Waals surface area (Å²) in [7, 11) is 5.49. The van der Waals surface area contributed by atoms with Gasteiger partial charge in [0.05, 0.1) is 24.5 Å². The number of nitrogens with one attached hydrogen (secondary N) is 1. The molecule has 0 atom stereocenters. The molecule has 2 aromatic carbocycles. The first-order valence-electron chi connectivity index (χ1n) is 14.8. The number of fused-ring (bicyclic) bond motifs is 5. The maximum Gasteiger partial charge on any atom is 0.275 e. The second-order valence-corrected chi connectivity index (χ2v) is 11.6. The summed E-state index contributed by atoms with van der Waals surface area (Å²) in [5.74, 6) is 0.902. The van der Waals surface area contributed by atoms with Crippen LogP contribution >= 0.6 is 0 Å². The number of carbonyl (C=O) groups is 1. The average Bonchev–Trinajstić information content (AvgIpc) is 3.44. The van der Waals surface area contributed by atoms with E-state index in [1.165, 1.54) is 0 Å². The molecule has 5 aromatic rings. The highest BCUT2D eigenvalue weighted by Crippen LogP contribution is 2.30. The molecule has 0 aliphatic carbocycles. The Morgan fingerprint density at radius 1 is 0.930 bits per heavy atom. The van der Waals surface area contributed by atoms with Gasteiger partial charge in [-0.05, 0) is 50.2 Å². The average molecular weight is 581 g/mol. The van der Waals surface area contributed by atoms with Gasteiger partial charge in [-0.1, -0.05) is 18.2 Å². The molecule has 0 unspecified atom stereocenters. The van der Waals surface area contributed by atoms with Crippen LogP contribution in [-0.4, -0.2) is 99.0 Å². The van der Waals surface area contributed by atoms with Crippen molar-refractivity contribution in [2.24, 2.45) is 7.05 Å². The van der Waals surface area contributed by atoms with E-state index in [4.69, 9.17) is 9.72 Å². The maximum absolute atomic E-state index is 13.4. The van der Waals surface area contributed by atoms with E-state index in [1.54, 1.807) is 31.0 Å². The Labute approximate surface area is 249 Å². The number of hydrogen-bond donors (Lipinski definition) is 1. The van der Waals surface area contributed by atoms with Crippen LogP contribution < -0.4 is 15.6 Å². The third kappa shape index (κ3) is 4.88. The number of para-hydroxylation sites is 1. The number of anilines is 2. The second kappa shape index (κ2) is 11.0. The first kappa shape index (κ1) is 27.4. The van der Waals surface area contributed by atoms with Gasteiger partial charge in [0.1, 0.15) is 16.8 Å². The fraction of sp³-hybridized carbons (Fsp3) is 0.375. The van der Waals surface area contributed by atoms with Crippen LogP contribution in [0.25, 0.3) is 27.6 Å². The van der Waals surface area contributed by atoms with Crippen LogP contribution in [0, 0.1) is 0 Å². The minimum atomic E-state index is -0.113. The van der Waals surface area contributed by atoms with Crippen LogP contribution in [0.5, 0.6) is 5.75 Å². The predicted octanol–water partition coefficient (Wildman–Crippen LogP) is 3.34. The van der Waals surface area contributed by atoms with Gasteiger partial charge >= 0.3 is 0 Å². The van der Waals surface area contributed by atoms with Crippen molar-refractivity contribution < 1.29 is 9.53 Å². The van der Waals surface area contributed by atoms with E-state index < -0.39 is 0 Å². The number of nitrogens with zero attached hydrogens (tertiary/aromatic N) is 7. The Bertz CT molecular complexity index is 1900. The topological polar surface area (TPSA) is 100 Å². The number of benzene rings is 2. The zero-order chi connectivity index (χ0) is 29.7.